The lowest BCUT2D eigenvalue weighted by Gasteiger charge is -2.20. The highest BCUT2D eigenvalue weighted by molar-refractivity contribution is 7.57. The molecule has 0 bridgehead atoms. The van der Waals surface area contributed by atoms with Crippen molar-refractivity contribution in [1.82, 2.24) is 10.3 Å². The lowest BCUT2D eigenvalue weighted by molar-refractivity contribution is 0.0693. The number of hydrogen-bond donors (Lipinski definition) is 4. The summed E-state index contributed by atoms with van der Waals surface area (Å²) in [6, 6.07) is 7.94. The van der Waals surface area contributed by atoms with Gasteiger partial charge in [0.1, 0.15) is 11.3 Å². The molecule has 0 aliphatic rings. The van der Waals surface area contributed by atoms with Crippen molar-refractivity contribution >= 4 is 13.3 Å². The van der Waals surface area contributed by atoms with Crippen LogP contribution < -0.4 is 10.1 Å². The highest BCUT2D eigenvalue weighted by Crippen LogP contribution is 2.44. The maximum Gasteiger partial charge on any atom is 0.339 e. The Hall–Kier alpha value is -2.25. The summed E-state index contributed by atoms with van der Waals surface area (Å²) in [6.07, 6.45) is 1.80. The van der Waals surface area contributed by atoms with Gasteiger partial charge in [-0.2, -0.15) is 0 Å². The lowest BCUT2D eigenvalue weighted by atomic mass is 10.0. The number of methoxy groups -OCH3 is 1. The summed E-state index contributed by atoms with van der Waals surface area (Å²) < 4.78 is 17.4. The third kappa shape index (κ3) is 6.42. The topological polar surface area (TPSA) is 129 Å². The maximum atomic E-state index is 12.4. The fourth-order valence-corrected chi connectivity index (χ4v) is 4.50. The largest absolute Gasteiger partial charge is 0.496 e. The number of pyridine rings is 1. The number of carboxylic acids is 1. The molecule has 1 aromatic carbocycles. The second-order valence-corrected chi connectivity index (χ2v) is 8.97. The van der Waals surface area contributed by atoms with Crippen LogP contribution in [0.25, 0.3) is 0 Å². The minimum Gasteiger partial charge on any atom is -0.496 e. The summed E-state index contributed by atoms with van der Waals surface area (Å²) in [5.41, 5.74) is 1.39. The number of rotatable bonds is 10. The Bertz CT molecular complexity index is 846. The summed E-state index contributed by atoms with van der Waals surface area (Å²) in [7, 11) is -2.16. The van der Waals surface area contributed by atoms with E-state index in [2.05, 4.69) is 10.3 Å². The molecule has 0 fully saturated rings. The van der Waals surface area contributed by atoms with Crippen LogP contribution in [-0.2, 0) is 10.7 Å². The van der Waals surface area contributed by atoms with Crippen molar-refractivity contribution in [3.63, 3.8) is 0 Å². The number of aromatic carboxylic acids is 1. The van der Waals surface area contributed by atoms with Crippen LogP contribution in [0.15, 0.2) is 42.7 Å². The SMILES string of the molecule is COc1ccc(C(C)NC[C@@H](O)CP(=O)(O)Cc2cccnc2)cc1C(=O)O. The minimum atomic E-state index is -3.56. The van der Waals surface area contributed by atoms with Crippen molar-refractivity contribution in [3.05, 3.63) is 59.4 Å². The summed E-state index contributed by atoms with van der Waals surface area (Å²) >= 11 is 0. The van der Waals surface area contributed by atoms with E-state index in [0.29, 0.717) is 11.1 Å². The molecule has 2 aromatic rings. The van der Waals surface area contributed by atoms with E-state index in [0.717, 1.165) is 0 Å². The highest BCUT2D eigenvalue weighted by Gasteiger charge is 2.24. The number of nitrogens with one attached hydrogen (secondary N) is 1. The second kappa shape index (κ2) is 9.80. The van der Waals surface area contributed by atoms with Crippen LogP contribution in [0.1, 0.15) is 34.5 Å². The molecule has 8 nitrogen and oxygen atoms in total. The average molecular weight is 408 g/mol. The van der Waals surface area contributed by atoms with Gasteiger partial charge in [0.2, 0.25) is 7.37 Å². The van der Waals surface area contributed by atoms with Crippen molar-refractivity contribution in [2.75, 3.05) is 19.8 Å². The molecule has 9 heteroatoms. The number of aliphatic hydroxyl groups excluding tert-OH is 1. The molecular weight excluding hydrogens is 383 g/mol. The molecule has 0 saturated carbocycles. The van der Waals surface area contributed by atoms with E-state index in [1.807, 2.05) is 6.92 Å². The first-order valence-corrected chi connectivity index (χ1v) is 10.8. The zero-order valence-corrected chi connectivity index (χ0v) is 16.7. The molecule has 2 unspecified atom stereocenters. The lowest BCUT2D eigenvalue weighted by Crippen LogP contribution is -2.31. The van der Waals surface area contributed by atoms with E-state index in [1.165, 1.54) is 19.4 Å². The molecule has 1 heterocycles. The van der Waals surface area contributed by atoms with Crippen molar-refractivity contribution in [2.45, 2.75) is 25.2 Å². The van der Waals surface area contributed by atoms with Gasteiger partial charge in [0.25, 0.3) is 0 Å². The van der Waals surface area contributed by atoms with E-state index in [1.54, 1.807) is 30.5 Å². The number of hydrogen-bond acceptors (Lipinski definition) is 6. The van der Waals surface area contributed by atoms with Gasteiger partial charge in [-0.3, -0.25) is 9.55 Å². The van der Waals surface area contributed by atoms with Crippen molar-refractivity contribution in [3.8, 4) is 5.75 Å². The Morgan fingerprint density at radius 1 is 1.36 bits per heavy atom. The molecule has 0 amide bonds. The molecule has 152 valence electrons. The van der Waals surface area contributed by atoms with Crippen LogP contribution in [0.3, 0.4) is 0 Å². The second-order valence-electron chi connectivity index (χ2n) is 6.60. The van der Waals surface area contributed by atoms with Crippen molar-refractivity contribution in [2.24, 2.45) is 0 Å². The normalized spacial score (nSPS) is 15.4. The smallest absolute Gasteiger partial charge is 0.339 e. The number of carboxylic acid groups (broad SMARTS) is 1. The molecule has 4 N–H and O–H groups in total. The van der Waals surface area contributed by atoms with Crippen molar-refractivity contribution in [1.29, 1.82) is 0 Å². The number of carbonyl (C=O) groups is 1. The van der Waals surface area contributed by atoms with Crippen LogP contribution in [-0.4, -0.2) is 52.0 Å². The first-order valence-electron chi connectivity index (χ1n) is 8.74. The third-order valence-electron chi connectivity index (χ3n) is 4.26. The number of ether oxygens (including phenoxy) is 1. The Morgan fingerprint density at radius 3 is 2.71 bits per heavy atom. The fraction of sp³-hybridized carbons (Fsp3) is 0.368. The Labute approximate surface area is 163 Å². The first-order chi connectivity index (χ1) is 13.2. The van der Waals surface area contributed by atoms with Gasteiger partial charge in [-0.25, -0.2) is 4.79 Å². The van der Waals surface area contributed by atoms with Gasteiger partial charge in [-0.05, 0) is 36.2 Å². The molecule has 3 atom stereocenters. The Balaban J connectivity index is 1.93. The Kier molecular flexibility index (Phi) is 7.71. The molecule has 0 aliphatic heterocycles. The first kappa shape index (κ1) is 22.0. The molecule has 2 rings (SSSR count). The zero-order chi connectivity index (χ0) is 20.7. The van der Waals surface area contributed by atoms with E-state index in [4.69, 9.17) is 4.74 Å². The molecular formula is C19H25N2O6P. The predicted octanol–water partition coefficient (Wildman–Crippen LogP) is 2.27. The van der Waals surface area contributed by atoms with E-state index in [-0.39, 0.29) is 36.2 Å². The maximum absolute atomic E-state index is 12.4. The third-order valence-corrected chi connectivity index (χ3v) is 6.11. The van der Waals surface area contributed by atoms with Gasteiger partial charge in [0, 0.05) is 25.0 Å². The quantitative estimate of drug-likeness (QED) is 0.441. The molecule has 1 aromatic heterocycles. The molecule has 0 spiro atoms. The van der Waals surface area contributed by atoms with Crippen LogP contribution in [0.4, 0.5) is 0 Å². The number of aromatic nitrogens is 1. The number of benzene rings is 1. The van der Waals surface area contributed by atoms with Gasteiger partial charge in [0.15, 0.2) is 0 Å². The molecule has 0 radical (unpaired) electrons. The molecule has 28 heavy (non-hydrogen) atoms. The summed E-state index contributed by atoms with van der Waals surface area (Å²) in [5.74, 6) is -0.831. The minimum absolute atomic E-state index is 0.0468. The van der Waals surface area contributed by atoms with E-state index >= 15 is 0 Å². The fourth-order valence-electron chi connectivity index (χ4n) is 2.83. The molecule has 0 saturated heterocycles. The highest BCUT2D eigenvalue weighted by atomic mass is 31.2. The molecule has 0 aliphatic carbocycles. The summed E-state index contributed by atoms with van der Waals surface area (Å²) in [5, 5.41) is 22.5. The summed E-state index contributed by atoms with van der Waals surface area (Å²) in [4.78, 5) is 25.4. The van der Waals surface area contributed by atoms with Crippen LogP contribution in [0.5, 0.6) is 5.75 Å². The van der Waals surface area contributed by atoms with E-state index in [9.17, 15) is 24.5 Å². The monoisotopic (exact) mass is 408 g/mol. The van der Waals surface area contributed by atoms with Crippen LogP contribution in [0, 0.1) is 0 Å². The van der Waals surface area contributed by atoms with Crippen molar-refractivity contribution < 1.29 is 29.2 Å². The summed E-state index contributed by atoms with van der Waals surface area (Å²) in [6.45, 7) is 1.90. The predicted molar refractivity (Wildman–Crippen MR) is 105 cm³/mol. The Morgan fingerprint density at radius 2 is 2.11 bits per heavy atom. The van der Waals surface area contributed by atoms with Gasteiger partial charge in [-0.1, -0.05) is 12.1 Å². The van der Waals surface area contributed by atoms with Gasteiger partial charge in [-0.15, -0.1) is 0 Å². The number of nitrogens with zero attached hydrogens (tertiary/aromatic N) is 1. The van der Waals surface area contributed by atoms with Crippen LogP contribution in [0.2, 0.25) is 0 Å². The zero-order valence-electron chi connectivity index (χ0n) is 15.8. The van der Waals surface area contributed by atoms with E-state index < -0.39 is 19.4 Å². The standard InChI is InChI=1S/C19H25N2O6P/c1-13(15-5-6-18(27-2)17(8-15)19(23)24)21-10-16(22)12-28(25,26)11-14-4-3-7-20-9-14/h3-9,13,16,21-22H,10-12H2,1-2H3,(H,23,24)(H,25,26)/t13?,16-/m1/s1. The number of aliphatic hydroxyl groups is 1. The van der Waals surface area contributed by atoms with Crippen LogP contribution >= 0.6 is 7.37 Å². The van der Waals surface area contributed by atoms with Gasteiger partial charge >= 0.3 is 5.97 Å². The average Bonchev–Trinajstić information content (AvgIpc) is 2.65. The van der Waals surface area contributed by atoms with Gasteiger partial charge in [0.05, 0.1) is 25.5 Å². The van der Waals surface area contributed by atoms with Gasteiger partial charge < -0.3 is 25.2 Å².